The normalized spacial score (nSPS) is 11.6. The van der Waals surface area contributed by atoms with Crippen LogP contribution in [0.5, 0.6) is 0 Å². The van der Waals surface area contributed by atoms with Crippen LogP contribution in [0.25, 0.3) is 0 Å². The van der Waals surface area contributed by atoms with Crippen molar-refractivity contribution in [3.8, 4) is 0 Å². The maximum atomic E-state index is 12.1. The summed E-state index contributed by atoms with van der Waals surface area (Å²) in [4.78, 5) is 34.5. The molecule has 0 unspecified atom stereocenters. The Hall–Kier alpha value is -3.23. The third-order valence-electron chi connectivity index (χ3n) is 3.25. The smallest absolute Gasteiger partial charge is 0.344 e. The Morgan fingerprint density at radius 1 is 1.33 bits per heavy atom. The fourth-order valence-corrected chi connectivity index (χ4v) is 2.02. The van der Waals surface area contributed by atoms with E-state index < -0.39 is 22.9 Å². The lowest BCUT2D eigenvalue weighted by Gasteiger charge is -2.13. The minimum absolute atomic E-state index is 0.0211. The van der Waals surface area contributed by atoms with Crippen molar-refractivity contribution >= 4 is 23.3 Å². The standard InChI is InChI=1S/C15H15N3O6/c1-8-13(9(2)24-17-8)15(20)23-10(3)14(19)16-11-6-4-5-7-12(11)18(21)22/h4-7,10H,1-3H3,(H,16,19)/t10-/m0/s1. The van der Waals surface area contributed by atoms with Gasteiger partial charge in [-0.3, -0.25) is 14.9 Å². The van der Waals surface area contributed by atoms with E-state index in [2.05, 4.69) is 10.5 Å². The van der Waals surface area contributed by atoms with Crippen LogP contribution in [-0.4, -0.2) is 28.1 Å². The van der Waals surface area contributed by atoms with Gasteiger partial charge >= 0.3 is 5.97 Å². The number of para-hydroxylation sites is 2. The van der Waals surface area contributed by atoms with E-state index in [1.54, 1.807) is 19.9 Å². The van der Waals surface area contributed by atoms with Gasteiger partial charge in [-0.05, 0) is 26.8 Å². The number of hydrogen-bond donors (Lipinski definition) is 1. The minimum atomic E-state index is -1.16. The van der Waals surface area contributed by atoms with Gasteiger partial charge in [-0.2, -0.15) is 0 Å². The van der Waals surface area contributed by atoms with Crippen molar-refractivity contribution in [3.63, 3.8) is 0 Å². The summed E-state index contributed by atoms with van der Waals surface area (Å²) in [6.07, 6.45) is -1.16. The fraction of sp³-hybridized carbons (Fsp3) is 0.267. The molecule has 0 aliphatic carbocycles. The van der Waals surface area contributed by atoms with Crippen LogP contribution in [0.3, 0.4) is 0 Å². The second-order valence-electron chi connectivity index (χ2n) is 5.01. The number of nitro groups is 1. The average Bonchev–Trinajstić information content (AvgIpc) is 2.86. The van der Waals surface area contributed by atoms with Crippen molar-refractivity contribution < 1.29 is 23.8 Å². The zero-order valence-electron chi connectivity index (χ0n) is 13.2. The van der Waals surface area contributed by atoms with Crippen LogP contribution in [0.1, 0.15) is 28.7 Å². The van der Waals surface area contributed by atoms with Gasteiger partial charge in [0.05, 0.1) is 10.6 Å². The molecule has 0 radical (unpaired) electrons. The highest BCUT2D eigenvalue weighted by Crippen LogP contribution is 2.23. The van der Waals surface area contributed by atoms with Crippen LogP contribution in [-0.2, 0) is 9.53 Å². The number of rotatable bonds is 5. The van der Waals surface area contributed by atoms with Crippen LogP contribution in [0.2, 0.25) is 0 Å². The molecule has 1 amide bonds. The summed E-state index contributed by atoms with van der Waals surface area (Å²) in [6, 6.07) is 5.67. The highest BCUT2D eigenvalue weighted by atomic mass is 16.6. The van der Waals surface area contributed by atoms with E-state index in [0.717, 1.165) is 0 Å². The van der Waals surface area contributed by atoms with Gasteiger partial charge in [0.25, 0.3) is 11.6 Å². The van der Waals surface area contributed by atoms with Gasteiger partial charge in [0.2, 0.25) is 0 Å². The number of anilines is 1. The topological polar surface area (TPSA) is 125 Å². The molecule has 0 spiro atoms. The zero-order valence-corrected chi connectivity index (χ0v) is 13.2. The monoisotopic (exact) mass is 333 g/mol. The first-order valence-corrected chi connectivity index (χ1v) is 6.99. The Bertz CT molecular complexity index is 779. The molecule has 1 aromatic heterocycles. The second-order valence-corrected chi connectivity index (χ2v) is 5.01. The molecule has 0 aliphatic rings. The number of ether oxygens (including phenoxy) is 1. The molecule has 9 nitrogen and oxygen atoms in total. The van der Waals surface area contributed by atoms with Crippen LogP contribution < -0.4 is 5.32 Å². The van der Waals surface area contributed by atoms with E-state index in [1.807, 2.05) is 0 Å². The minimum Gasteiger partial charge on any atom is -0.449 e. The van der Waals surface area contributed by atoms with Crippen molar-refractivity contribution in [3.05, 3.63) is 51.4 Å². The van der Waals surface area contributed by atoms with Gasteiger partial charge < -0.3 is 14.6 Å². The summed E-state index contributed by atoms with van der Waals surface area (Å²) in [7, 11) is 0. The first-order valence-electron chi connectivity index (χ1n) is 6.99. The third kappa shape index (κ3) is 3.57. The number of benzene rings is 1. The molecule has 0 saturated heterocycles. The largest absolute Gasteiger partial charge is 0.449 e. The SMILES string of the molecule is Cc1noc(C)c1C(=O)O[C@@H](C)C(=O)Nc1ccccc1[N+](=O)[O-]. The molecule has 24 heavy (non-hydrogen) atoms. The van der Waals surface area contributed by atoms with E-state index >= 15 is 0 Å². The quantitative estimate of drug-likeness (QED) is 0.506. The van der Waals surface area contributed by atoms with E-state index in [-0.39, 0.29) is 22.7 Å². The third-order valence-corrected chi connectivity index (χ3v) is 3.25. The number of carbonyl (C=O) groups is 2. The molecule has 0 saturated carbocycles. The average molecular weight is 333 g/mol. The molecule has 1 aromatic carbocycles. The first-order chi connectivity index (χ1) is 11.3. The molecule has 0 bridgehead atoms. The number of esters is 1. The van der Waals surface area contributed by atoms with E-state index in [9.17, 15) is 19.7 Å². The van der Waals surface area contributed by atoms with E-state index in [0.29, 0.717) is 5.69 Å². The fourth-order valence-electron chi connectivity index (χ4n) is 2.02. The molecule has 9 heteroatoms. The van der Waals surface area contributed by atoms with Crippen molar-refractivity contribution in [1.82, 2.24) is 5.16 Å². The summed E-state index contributed by atoms with van der Waals surface area (Å²) in [5.74, 6) is -1.16. The molecule has 126 valence electrons. The molecule has 1 atom stereocenters. The number of carbonyl (C=O) groups excluding carboxylic acids is 2. The molecule has 1 N–H and O–H groups in total. The van der Waals surface area contributed by atoms with Crippen molar-refractivity contribution in [1.29, 1.82) is 0 Å². The van der Waals surface area contributed by atoms with Crippen molar-refractivity contribution in [2.45, 2.75) is 26.9 Å². The van der Waals surface area contributed by atoms with Crippen molar-refractivity contribution in [2.75, 3.05) is 5.32 Å². The summed E-state index contributed by atoms with van der Waals surface area (Å²) in [5, 5.41) is 16.9. The number of aromatic nitrogens is 1. The Kier molecular flexibility index (Phi) is 4.93. The Balaban J connectivity index is 2.08. The lowest BCUT2D eigenvalue weighted by molar-refractivity contribution is -0.383. The number of aryl methyl sites for hydroxylation is 2. The molecular weight excluding hydrogens is 318 g/mol. The summed E-state index contributed by atoms with van der Waals surface area (Å²) in [6.45, 7) is 4.49. The van der Waals surface area contributed by atoms with Gasteiger partial charge in [-0.15, -0.1) is 0 Å². The Morgan fingerprint density at radius 3 is 2.58 bits per heavy atom. The number of nitrogens with zero attached hydrogens (tertiary/aromatic N) is 2. The highest BCUT2D eigenvalue weighted by Gasteiger charge is 2.25. The number of nitrogens with one attached hydrogen (secondary N) is 1. The summed E-state index contributed by atoms with van der Waals surface area (Å²) in [5.41, 5.74) is 0.270. The van der Waals surface area contributed by atoms with Gasteiger partial charge in [-0.25, -0.2) is 4.79 Å². The summed E-state index contributed by atoms with van der Waals surface area (Å²) >= 11 is 0. The van der Waals surface area contributed by atoms with Gasteiger partial charge in [0.1, 0.15) is 17.0 Å². The van der Waals surface area contributed by atoms with Crippen LogP contribution in [0, 0.1) is 24.0 Å². The van der Waals surface area contributed by atoms with Gasteiger partial charge in [-0.1, -0.05) is 17.3 Å². The lowest BCUT2D eigenvalue weighted by Crippen LogP contribution is -2.30. The zero-order chi connectivity index (χ0) is 17.9. The van der Waals surface area contributed by atoms with Crippen LogP contribution in [0.4, 0.5) is 11.4 Å². The molecule has 0 fully saturated rings. The van der Waals surface area contributed by atoms with Crippen molar-refractivity contribution in [2.24, 2.45) is 0 Å². The van der Waals surface area contributed by atoms with Crippen LogP contribution >= 0.6 is 0 Å². The summed E-state index contributed by atoms with van der Waals surface area (Å²) < 4.78 is 9.94. The predicted octanol–water partition coefficient (Wildman–Crippen LogP) is 2.38. The highest BCUT2D eigenvalue weighted by molar-refractivity contribution is 5.99. The van der Waals surface area contributed by atoms with Gasteiger partial charge in [0.15, 0.2) is 6.10 Å². The number of hydrogen-bond acceptors (Lipinski definition) is 7. The number of amides is 1. The Labute approximate surface area is 136 Å². The maximum absolute atomic E-state index is 12.1. The maximum Gasteiger partial charge on any atom is 0.344 e. The lowest BCUT2D eigenvalue weighted by atomic mass is 10.2. The number of nitro benzene ring substituents is 1. The second kappa shape index (κ2) is 6.90. The Morgan fingerprint density at radius 2 is 2.00 bits per heavy atom. The predicted molar refractivity (Wildman–Crippen MR) is 82.6 cm³/mol. The molecular formula is C15H15N3O6. The molecule has 2 rings (SSSR count). The van der Waals surface area contributed by atoms with Gasteiger partial charge in [0, 0.05) is 6.07 Å². The first kappa shape index (κ1) is 17.1. The molecule has 1 heterocycles. The van der Waals surface area contributed by atoms with Crippen LogP contribution in [0.15, 0.2) is 28.8 Å². The van der Waals surface area contributed by atoms with E-state index in [1.165, 1.54) is 25.1 Å². The molecule has 0 aliphatic heterocycles. The van der Waals surface area contributed by atoms with E-state index in [4.69, 9.17) is 9.26 Å². The molecule has 2 aromatic rings.